The van der Waals surface area contributed by atoms with Gasteiger partial charge in [0.25, 0.3) is 0 Å². The van der Waals surface area contributed by atoms with E-state index in [4.69, 9.17) is 0 Å². The molecule has 1 aromatic carbocycles. The minimum atomic E-state index is 0.720. The molecule has 1 aliphatic heterocycles. The van der Waals surface area contributed by atoms with Crippen LogP contribution in [0.25, 0.3) is 0 Å². The van der Waals surface area contributed by atoms with E-state index in [9.17, 15) is 0 Å². The van der Waals surface area contributed by atoms with Crippen molar-refractivity contribution in [2.75, 3.05) is 37.6 Å². The second-order valence-electron chi connectivity index (χ2n) is 5.98. The van der Waals surface area contributed by atoms with Gasteiger partial charge in [-0.1, -0.05) is 25.1 Å². The topological polar surface area (TPSA) is 44.3 Å². The number of halogens is 1. The largest absolute Gasteiger partial charge is 0.369 e. The first-order valence-electron chi connectivity index (χ1n) is 8.48. The van der Waals surface area contributed by atoms with Gasteiger partial charge in [-0.2, -0.15) is 0 Å². The Balaban J connectivity index is 1.59. The summed E-state index contributed by atoms with van der Waals surface area (Å²) in [5, 5.41) is 3.48. The van der Waals surface area contributed by atoms with Crippen molar-refractivity contribution in [1.29, 1.82) is 0 Å². The molecule has 1 aromatic heterocycles. The first-order chi connectivity index (χ1) is 11.8. The number of hydrogen-bond donors (Lipinski definition) is 1. The standard InChI is InChI=1S/C18H24BrN5/c1-2-23-7-9-24(10-8-23)17-6-4-3-5-15(17)11-20-12-16-13-22-18(19)14-21-16/h3-6,13-14,20H,2,7-12H2,1H3. The van der Waals surface area contributed by atoms with Crippen LogP contribution in [0, 0.1) is 0 Å². The minimum Gasteiger partial charge on any atom is -0.369 e. The van der Waals surface area contributed by atoms with E-state index in [2.05, 4.69) is 72.2 Å². The Morgan fingerprint density at radius 3 is 2.54 bits per heavy atom. The van der Waals surface area contributed by atoms with Crippen molar-refractivity contribution in [1.82, 2.24) is 20.2 Å². The molecule has 24 heavy (non-hydrogen) atoms. The molecule has 0 amide bonds. The zero-order chi connectivity index (χ0) is 16.8. The summed E-state index contributed by atoms with van der Waals surface area (Å²) in [4.78, 5) is 13.6. The Morgan fingerprint density at radius 2 is 1.83 bits per heavy atom. The molecule has 3 rings (SSSR count). The van der Waals surface area contributed by atoms with Gasteiger partial charge in [-0.25, -0.2) is 4.98 Å². The quantitative estimate of drug-likeness (QED) is 0.822. The van der Waals surface area contributed by atoms with Crippen LogP contribution in [0.15, 0.2) is 41.3 Å². The molecule has 1 fully saturated rings. The van der Waals surface area contributed by atoms with Crippen LogP contribution < -0.4 is 10.2 Å². The second kappa shape index (κ2) is 8.55. The molecule has 128 valence electrons. The molecule has 6 heteroatoms. The van der Waals surface area contributed by atoms with Crippen molar-refractivity contribution in [2.24, 2.45) is 0 Å². The maximum atomic E-state index is 4.35. The molecule has 0 aliphatic carbocycles. The molecule has 2 aromatic rings. The number of aromatic nitrogens is 2. The third-order valence-electron chi connectivity index (χ3n) is 4.45. The lowest BCUT2D eigenvalue weighted by Gasteiger charge is -2.36. The van der Waals surface area contributed by atoms with Crippen LogP contribution in [0.5, 0.6) is 0 Å². The van der Waals surface area contributed by atoms with E-state index < -0.39 is 0 Å². The van der Waals surface area contributed by atoms with Crippen LogP contribution in [0.4, 0.5) is 5.69 Å². The monoisotopic (exact) mass is 389 g/mol. The lowest BCUT2D eigenvalue weighted by Crippen LogP contribution is -2.46. The van der Waals surface area contributed by atoms with Crippen LogP contribution in [-0.2, 0) is 13.1 Å². The molecule has 5 nitrogen and oxygen atoms in total. The molecule has 0 bridgehead atoms. The number of anilines is 1. The molecule has 2 heterocycles. The highest BCUT2D eigenvalue weighted by Crippen LogP contribution is 2.22. The Bertz CT molecular complexity index is 638. The van der Waals surface area contributed by atoms with Gasteiger partial charge in [-0.05, 0) is 34.1 Å². The molecule has 0 unspecified atom stereocenters. The number of hydrogen-bond acceptors (Lipinski definition) is 5. The summed E-state index contributed by atoms with van der Waals surface area (Å²) in [7, 11) is 0. The second-order valence-corrected chi connectivity index (χ2v) is 6.80. The van der Waals surface area contributed by atoms with Crippen molar-refractivity contribution < 1.29 is 0 Å². The van der Waals surface area contributed by atoms with Gasteiger partial charge in [0.15, 0.2) is 0 Å². The van der Waals surface area contributed by atoms with Gasteiger partial charge in [0, 0.05) is 45.0 Å². The van der Waals surface area contributed by atoms with Gasteiger partial charge in [-0.3, -0.25) is 4.98 Å². The Morgan fingerprint density at radius 1 is 1.04 bits per heavy atom. The maximum Gasteiger partial charge on any atom is 0.124 e. The fourth-order valence-electron chi connectivity index (χ4n) is 3.03. The fraction of sp³-hybridized carbons (Fsp3) is 0.444. The first kappa shape index (κ1) is 17.3. The Labute approximate surface area is 152 Å². The SMILES string of the molecule is CCN1CCN(c2ccccc2CNCc2cnc(Br)cn2)CC1. The van der Waals surface area contributed by atoms with Crippen molar-refractivity contribution >= 4 is 21.6 Å². The van der Waals surface area contributed by atoms with Crippen molar-refractivity contribution in [3.05, 3.63) is 52.5 Å². The van der Waals surface area contributed by atoms with Crippen LogP contribution >= 0.6 is 15.9 Å². The summed E-state index contributed by atoms with van der Waals surface area (Å²) in [6.45, 7) is 9.43. The highest BCUT2D eigenvalue weighted by Gasteiger charge is 2.17. The van der Waals surface area contributed by atoms with Crippen LogP contribution in [0.1, 0.15) is 18.2 Å². The molecule has 1 aliphatic rings. The molecule has 1 saturated heterocycles. The lowest BCUT2D eigenvalue weighted by molar-refractivity contribution is 0.271. The summed E-state index contributed by atoms with van der Waals surface area (Å²) in [6.07, 6.45) is 3.53. The third kappa shape index (κ3) is 4.53. The average molecular weight is 390 g/mol. The third-order valence-corrected chi connectivity index (χ3v) is 4.86. The van der Waals surface area contributed by atoms with Crippen LogP contribution in [-0.4, -0.2) is 47.6 Å². The minimum absolute atomic E-state index is 0.720. The van der Waals surface area contributed by atoms with Crippen molar-refractivity contribution in [3.63, 3.8) is 0 Å². The predicted octanol–water partition coefficient (Wildman–Crippen LogP) is 2.67. The first-order valence-corrected chi connectivity index (χ1v) is 9.28. The van der Waals surface area contributed by atoms with Gasteiger partial charge in [0.05, 0.1) is 18.1 Å². The summed E-state index contributed by atoms with van der Waals surface area (Å²) < 4.78 is 0.766. The number of rotatable bonds is 6. The van der Waals surface area contributed by atoms with Gasteiger partial charge in [-0.15, -0.1) is 0 Å². The van der Waals surface area contributed by atoms with Gasteiger partial charge < -0.3 is 15.1 Å². The van der Waals surface area contributed by atoms with Crippen LogP contribution in [0.2, 0.25) is 0 Å². The smallest absolute Gasteiger partial charge is 0.124 e. The van der Waals surface area contributed by atoms with Crippen molar-refractivity contribution in [2.45, 2.75) is 20.0 Å². The van der Waals surface area contributed by atoms with Gasteiger partial charge in [0.1, 0.15) is 4.60 Å². The number of benzene rings is 1. The number of likely N-dealkylation sites (N-methyl/N-ethyl adjacent to an activating group) is 1. The van der Waals surface area contributed by atoms with E-state index >= 15 is 0 Å². The Hall–Kier alpha value is -1.50. The summed E-state index contributed by atoms with van der Waals surface area (Å²) in [6, 6.07) is 8.69. The number of piperazine rings is 1. The van der Waals surface area contributed by atoms with Crippen LogP contribution in [0.3, 0.4) is 0 Å². The molecule has 0 spiro atoms. The Kier molecular flexibility index (Phi) is 6.18. The van der Waals surface area contributed by atoms with Gasteiger partial charge in [0.2, 0.25) is 0 Å². The van der Waals surface area contributed by atoms with E-state index in [0.29, 0.717) is 0 Å². The normalized spacial score (nSPS) is 15.7. The average Bonchev–Trinajstić information content (AvgIpc) is 2.64. The highest BCUT2D eigenvalue weighted by atomic mass is 79.9. The fourth-order valence-corrected chi connectivity index (χ4v) is 3.23. The molecule has 0 radical (unpaired) electrons. The maximum absolute atomic E-state index is 4.35. The molecule has 0 saturated carbocycles. The zero-order valence-electron chi connectivity index (χ0n) is 14.1. The summed E-state index contributed by atoms with van der Waals surface area (Å²) >= 11 is 3.31. The van der Waals surface area contributed by atoms with E-state index in [1.165, 1.54) is 11.3 Å². The van der Waals surface area contributed by atoms with E-state index in [0.717, 1.165) is 56.1 Å². The van der Waals surface area contributed by atoms with E-state index in [1.54, 1.807) is 12.4 Å². The van der Waals surface area contributed by atoms with E-state index in [1.807, 2.05) is 0 Å². The van der Waals surface area contributed by atoms with Crippen molar-refractivity contribution in [3.8, 4) is 0 Å². The summed E-state index contributed by atoms with van der Waals surface area (Å²) in [5.74, 6) is 0. The predicted molar refractivity (Wildman–Crippen MR) is 101 cm³/mol. The number of para-hydroxylation sites is 1. The van der Waals surface area contributed by atoms with E-state index in [-0.39, 0.29) is 0 Å². The molecular weight excluding hydrogens is 366 g/mol. The number of nitrogens with zero attached hydrogens (tertiary/aromatic N) is 4. The molecular formula is C18H24BrN5. The molecule has 1 N–H and O–H groups in total. The summed E-state index contributed by atoms with van der Waals surface area (Å²) in [5.41, 5.74) is 3.64. The number of nitrogens with one attached hydrogen (secondary N) is 1. The van der Waals surface area contributed by atoms with Gasteiger partial charge >= 0.3 is 0 Å². The lowest BCUT2D eigenvalue weighted by atomic mass is 10.1. The molecule has 0 atom stereocenters. The zero-order valence-corrected chi connectivity index (χ0v) is 15.7. The highest BCUT2D eigenvalue weighted by molar-refractivity contribution is 9.10.